The van der Waals surface area contributed by atoms with Crippen LogP contribution in [-0.4, -0.2) is 0 Å². The largest absolute Gasteiger partial charge is 0.323 e. The minimum atomic E-state index is -3.21. The molecule has 24 heteroatoms. The molecule has 2 unspecified atom stereocenters. The molecule has 4 aromatic carbocycles. The molecule has 0 spiro atoms. The van der Waals surface area contributed by atoms with Gasteiger partial charge in [0.1, 0.15) is 0 Å². The summed E-state index contributed by atoms with van der Waals surface area (Å²) in [6, 6.07) is 32.3. The maximum Gasteiger partial charge on any atom is 0.261 e. The lowest BCUT2D eigenvalue weighted by Gasteiger charge is -2.34. The fraction of sp³-hybridized carbons (Fsp3) is 0.0400. The van der Waals surface area contributed by atoms with Crippen LogP contribution >= 0.6 is 149 Å². The number of rotatable bonds is 6. The van der Waals surface area contributed by atoms with Gasteiger partial charge in [-0.15, -0.1) is 0 Å². The molecule has 0 saturated heterocycles. The molecule has 2 atom stereocenters. The SMILES string of the molecule is ClP1(Cl)=NP(Cl)(Cl)=NP(Cl)(Nc2ccc(C3(c4ccc(NP5(Cl)=NP(Cl)(Cl)=NP(Cl)(Cl)=N5)cc4)c4ccccc4-c4ccccc43)cc2)=N1. The molecule has 2 heterocycles. The van der Waals surface area contributed by atoms with Crippen molar-refractivity contribution in [2.24, 2.45) is 27.1 Å². The van der Waals surface area contributed by atoms with Crippen LogP contribution in [0.25, 0.3) is 11.1 Å². The van der Waals surface area contributed by atoms with Gasteiger partial charge in [-0.1, -0.05) is 72.8 Å². The Kier molecular flexibility index (Phi) is 10.5. The number of hydrogen-bond donors (Lipinski definition) is 2. The third kappa shape index (κ3) is 7.82. The summed E-state index contributed by atoms with van der Waals surface area (Å²) in [5.41, 5.74) is 6.94. The predicted molar refractivity (Wildman–Crippen MR) is 226 cm³/mol. The summed E-state index contributed by atoms with van der Waals surface area (Å²) < 4.78 is 25.2. The van der Waals surface area contributed by atoms with E-state index in [0.717, 1.165) is 33.4 Å². The fourth-order valence-corrected chi connectivity index (χ4v) is 40.2. The summed E-state index contributed by atoms with van der Waals surface area (Å²) in [5, 5.41) is 6.33. The van der Waals surface area contributed by atoms with Gasteiger partial charge < -0.3 is 10.2 Å². The van der Waals surface area contributed by atoms with Crippen LogP contribution in [0.4, 0.5) is 11.4 Å². The van der Waals surface area contributed by atoms with Crippen molar-refractivity contribution in [1.82, 2.24) is 0 Å². The second kappa shape index (κ2) is 13.5. The third-order valence-corrected chi connectivity index (χ3v) is 31.9. The molecule has 258 valence electrons. The average Bonchev–Trinajstić information content (AvgIpc) is 3.25. The van der Waals surface area contributed by atoms with Gasteiger partial charge in [0.05, 0.1) is 5.41 Å². The van der Waals surface area contributed by atoms with E-state index < -0.39 is 42.5 Å². The average molecular weight is 971 g/mol. The van der Waals surface area contributed by atoms with Gasteiger partial charge >= 0.3 is 0 Å². The summed E-state index contributed by atoms with van der Waals surface area (Å²) in [4.78, 5) is 0. The van der Waals surface area contributed by atoms with Gasteiger partial charge in [-0.05, 0) is 170 Å². The smallest absolute Gasteiger partial charge is 0.261 e. The molecule has 0 amide bonds. The van der Waals surface area contributed by atoms with Crippen molar-refractivity contribution >= 4 is 161 Å². The first kappa shape index (κ1) is 38.1. The van der Waals surface area contributed by atoms with Crippen LogP contribution < -0.4 is 10.2 Å². The van der Waals surface area contributed by atoms with Gasteiger partial charge in [0.2, 0.25) is 0 Å². The van der Waals surface area contributed by atoms with E-state index in [-0.39, 0.29) is 0 Å². The van der Waals surface area contributed by atoms with Crippen LogP contribution in [-0.2, 0) is 5.41 Å². The Balaban J connectivity index is 1.34. The summed E-state index contributed by atoms with van der Waals surface area (Å²) in [7, 11) is 0. The Labute approximate surface area is 330 Å². The van der Waals surface area contributed by atoms with E-state index in [1.807, 2.05) is 72.8 Å². The molecule has 3 aliphatic rings. The van der Waals surface area contributed by atoms with Crippen LogP contribution in [0, 0.1) is 0 Å². The van der Waals surface area contributed by atoms with Crippen molar-refractivity contribution in [3.8, 4) is 11.1 Å². The van der Waals surface area contributed by atoms with Crippen LogP contribution in [0.15, 0.2) is 124 Å². The first-order valence-electron chi connectivity index (χ1n) is 13.6. The highest BCUT2D eigenvalue weighted by Gasteiger charge is 2.46. The molecule has 8 nitrogen and oxygen atoms in total. The molecule has 1 aliphatic carbocycles. The normalized spacial score (nSPS) is 26.1. The first-order chi connectivity index (χ1) is 22.8. The van der Waals surface area contributed by atoms with E-state index in [1.54, 1.807) is 0 Å². The molecule has 0 bridgehead atoms. The van der Waals surface area contributed by atoms with E-state index in [0.29, 0.717) is 11.4 Å². The highest BCUT2D eigenvalue weighted by molar-refractivity contribution is 8.23. The molecular formula is C25H18Cl10N8P6. The Bertz CT molecular complexity index is 2200. The molecule has 4 aromatic rings. The lowest BCUT2D eigenvalue weighted by atomic mass is 9.67. The van der Waals surface area contributed by atoms with Crippen molar-refractivity contribution in [3.05, 3.63) is 119 Å². The number of nitrogens with zero attached hydrogens (tertiary/aromatic N) is 6. The molecule has 2 aliphatic heterocycles. The monoisotopic (exact) mass is 966 g/mol. The Morgan fingerprint density at radius 1 is 0.388 bits per heavy atom. The molecule has 0 radical (unpaired) electrons. The highest BCUT2D eigenvalue weighted by atomic mass is 35.9. The molecule has 2 N–H and O–H groups in total. The van der Waals surface area contributed by atoms with Gasteiger partial charge in [-0.2, -0.15) is 27.1 Å². The summed E-state index contributed by atoms with van der Waals surface area (Å²) in [6.45, 7) is -6.42. The fourth-order valence-electron chi connectivity index (χ4n) is 5.97. The highest BCUT2D eigenvalue weighted by Crippen LogP contribution is 2.87. The Hall–Kier alpha value is 0.760. The van der Waals surface area contributed by atoms with Gasteiger partial charge in [0, 0.05) is 11.4 Å². The van der Waals surface area contributed by atoms with Crippen LogP contribution in [0.2, 0.25) is 0 Å². The van der Waals surface area contributed by atoms with Gasteiger partial charge in [0.25, 0.3) is 37.1 Å². The number of fused-ring (bicyclic) bond motifs is 3. The zero-order chi connectivity index (χ0) is 35.1. The van der Waals surface area contributed by atoms with E-state index in [4.69, 9.17) is 112 Å². The van der Waals surface area contributed by atoms with Gasteiger partial charge in [-0.25, -0.2) is 0 Å². The minimum absolute atomic E-state index is 0.621. The third-order valence-electron chi connectivity index (χ3n) is 7.47. The van der Waals surface area contributed by atoms with E-state index in [9.17, 15) is 0 Å². The molecule has 0 aromatic heterocycles. The first-order valence-corrected chi connectivity index (χ1v) is 32.8. The van der Waals surface area contributed by atoms with Gasteiger partial charge in [0.15, 0.2) is 0 Å². The molecule has 0 fully saturated rings. The summed E-state index contributed by atoms with van der Waals surface area (Å²) >= 11 is 64.0. The Morgan fingerprint density at radius 2 is 0.714 bits per heavy atom. The van der Waals surface area contributed by atoms with E-state index >= 15 is 0 Å². The van der Waals surface area contributed by atoms with Crippen LogP contribution in [0.1, 0.15) is 22.3 Å². The van der Waals surface area contributed by atoms with Crippen LogP contribution in [0.5, 0.6) is 0 Å². The second-order valence-corrected chi connectivity index (χ2v) is 37.3. The molecule has 7 rings (SSSR count). The standard InChI is InChI=1S/C25H18Cl10N8P6/c26-44(27)38-45(28,29)41-48(34,40-44)36-19-13-9-17(10-14-19)25(23-7-3-1-5-21(23)22-6-2-4-8-24(22)25)18-11-15-20(16-12-18)37-49(35)42-46(30,31)39-47(32,33)43-49/h1-16,36-37H. The van der Waals surface area contributed by atoms with Crippen LogP contribution in [0.3, 0.4) is 0 Å². The summed E-state index contributed by atoms with van der Waals surface area (Å²) in [5.74, 6) is -12.8. The zero-order valence-corrected chi connectivity index (χ0v) is 36.8. The summed E-state index contributed by atoms with van der Waals surface area (Å²) in [6.07, 6.45) is 0. The molecule has 0 saturated carbocycles. The number of halogens is 10. The van der Waals surface area contributed by atoms with Crippen molar-refractivity contribution in [3.63, 3.8) is 0 Å². The quantitative estimate of drug-likeness (QED) is 0.166. The minimum Gasteiger partial charge on any atom is -0.323 e. The number of hydrogen-bond acceptors (Lipinski definition) is 8. The Morgan fingerprint density at radius 3 is 1.06 bits per heavy atom. The topological polar surface area (TPSA) is 98.2 Å². The molecular weight excluding hydrogens is 953 g/mol. The predicted octanol–water partition coefficient (Wildman–Crippen LogP) is 19.0. The van der Waals surface area contributed by atoms with Gasteiger partial charge in [-0.3, -0.25) is 0 Å². The van der Waals surface area contributed by atoms with E-state index in [1.165, 1.54) is 0 Å². The lowest BCUT2D eigenvalue weighted by molar-refractivity contribution is 0.769. The van der Waals surface area contributed by atoms with E-state index in [2.05, 4.69) is 61.5 Å². The maximum atomic E-state index is 6.80. The van der Waals surface area contributed by atoms with Crippen molar-refractivity contribution in [2.45, 2.75) is 5.41 Å². The number of benzene rings is 4. The number of anilines is 2. The van der Waals surface area contributed by atoms with Crippen molar-refractivity contribution < 1.29 is 0 Å². The maximum absolute atomic E-state index is 6.80. The second-order valence-electron chi connectivity index (χ2n) is 10.6. The zero-order valence-electron chi connectivity index (χ0n) is 23.9. The van der Waals surface area contributed by atoms with Crippen molar-refractivity contribution in [1.29, 1.82) is 0 Å². The molecule has 49 heavy (non-hydrogen) atoms. The number of nitrogens with one attached hydrogen (secondary N) is 2. The van der Waals surface area contributed by atoms with Crippen molar-refractivity contribution in [2.75, 3.05) is 10.2 Å². The lowest BCUT2D eigenvalue weighted by Crippen LogP contribution is -2.28.